The van der Waals surface area contributed by atoms with Crippen LogP contribution in [0.2, 0.25) is 5.02 Å². The summed E-state index contributed by atoms with van der Waals surface area (Å²) in [6.45, 7) is 1.64. The highest BCUT2D eigenvalue weighted by atomic mass is 35.5. The highest BCUT2D eigenvalue weighted by molar-refractivity contribution is 7.91. The minimum absolute atomic E-state index is 0.0184. The van der Waals surface area contributed by atoms with Crippen LogP contribution < -0.4 is 10.1 Å². The number of fused-ring (bicyclic) bond motifs is 1. The maximum absolute atomic E-state index is 15.5. The van der Waals surface area contributed by atoms with E-state index in [1.807, 2.05) is 0 Å². The Morgan fingerprint density at radius 1 is 1.12 bits per heavy atom. The number of anilines is 2. The van der Waals surface area contributed by atoms with E-state index in [4.69, 9.17) is 25.8 Å². The van der Waals surface area contributed by atoms with E-state index in [1.165, 1.54) is 30.8 Å². The Labute approximate surface area is 247 Å². The molecule has 3 aromatic carbocycles. The Kier molecular flexibility index (Phi) is 8.91. The molecule has 1 unspecified atom stereocenters. The molecule has 5 rings (SSSR count). The largest absolute Gasteiger partial charge is 0.488 e. The molecular weight excluding hydrogens is 588 g/mol. The van der Waals surface area contributed by atoms with Crippen LogP contribution in [0.3, 0.4) is 0 Å². The number of sulfone groups is 1. The Hall–Kier alpha value is -3.80. The first kappa shape index (κ1) is 29.7. The van der Waals surface area contributed by atoms with E-state index in [1.54, 1.807) is 49.4 Å². The number of halogens is 3. The zero-order chi connectivity index (χ0) is 29.7. The van der Waals surface area contributed by atoms with Gasteiger partial charge < -0.3 is 19.5 Å². The molecular formula is C30H28ClF2N3O5S. The quantitative estimate of drug-likeness (QED) is 0.181. The van der Waals surface area contributed by atoms with Gasteiger partial charge in [0.2, 0.25) is 0 Å². The molecule has 0 aliphatic carbocycles. The second-order valence-electron chi connectivity index (χ2n) is 9.74. The summed E-state index contributed by atoms with van der Waals surface area (Å²) in [6.07, 6.45) is 4.90. The number of benzene rings is 3. The van der Waals surface area contributed by atoms with Gasteiger partial charge in [0.1, 0.15) is 36.1 Å². The molecule has 4 aromatic rings. The Morgan fingerprint density at radius 3 is 2.71 bits per heavy atom. The van der Waals surface area contributed by atoms with Crippen LogP contribution in [0.1, 0.15) is 24.5 Å². The fourth-order valence-electron chi connectivity index (χ4n) is 4.52. The predicted molar refractivity (Wildman–Crippen MR) is 157 cm³/mol. The van der Waals surface area contributed by atoms with Gasteiger partial charge in [-0.2, -0.15) is 0 Å². The van der Waals surface area contributed by atoms with Crippen LogP contribution in [-0.2, 0) is 31.5 Å². The van der Waals surface area contributed by atoms with E-state index in [2.05, 4.69) is 15.3 Å². The van der Waals surface area contributed by atoms with E-state index in [9.17, 15) is 12.8 Å². The number of nitrogens with one attached hydrogen (secondary N) is 1. The van der Waals surface area contributed by atoms with Crippen molar-refractivity contribution in [2.45, 2.75) is 25.6 Å². The zero-order valence-corrected chi connectivity index (χ0v) is 24.2. The molecule has 0 bridgehead atoms. The Balaban J connectivity index is 1.36. The van der Waals surface area contributed by atoms with Gasteiger partial charge in [-0.3, -0.25) is 0 Å². The molecule has 8 nitrogen and oxygen atoms in total. The maximum atomic E-state index is 15.5. The third-order valence-electron chi connectivity index (χ3n) is 6.84. The maximum Gasteiger partial charge on any atom is 0.163 e. The van der Waals surface area contributed by atoms with Crippen molar-refractivity contribution in [1.82, 2.24) is 9.97 Å². The SMILES string of the molecule is CCS(=O)(=O)CCOCC1(c2cc3c(Nc4ccc(OCc5cccc(F)c5)c(Cl)c4)ncnc3cc2F)CC=CO1. The van der Waals surface area contributed by atoms with E-state index in [0.29, 0.717) is 45.2 Å². The van der Waals surface area contributed by atoms with Gasteiger partial charge in [-0.15, -0.1) is 0 Å². The van der Waals surface area contributed by atoms with Gasteiger partial charge in [0.15, 0.2) is 15.4 Å². The van der Waals surface area contributed by atoms with Crippen molar-refractivity contribution in [2.24, 2.45) is 0 Å². The van der Waals surface area contributed by atoms with Crippen molar-refractivity contribution >= 4 is 43.8 Å². The van der Waals surface area contributed by atoms with E-state index in [0.717, 1.165) is 0 Å². The summed E-state index contributed by atoms with van der Waals surface area (Å²) >= 11 is 6.46. The van der Waals surface area contributed by atoms with Gasteiger partial charge in [0.25, 0.3) is 0 Å². The summed E-state index contributed by atoms with van der Waals surface area (Å²) in [5.41, 5.74) is 0.685. The number of nitrogens with zero attached hydrogens (tertiary/aromatic N) is 2. The van der Waals surface area contributed by atoms with E-state index >= 15 is 4.39 Å². The number of aromatic nitrogens is 2. The monoisotopic (exact) mass is 615 g/mol. The molecule has 1 aromatic heterocycles. The minimum atomic E-state index is -3.21. The van der Waals surface area contributed by atoms with Crippen LogP contribution >= 0.6 is 11.6 Å². The molecule has 42 heavy (non-hydrogen) atoms. The summed E-state index contributed by atoms with van der Waals surface area (Å²) < 4.78 is 69.9. The lowest BCUT2D eigenvalue weighted by Crippen LogP contribution is -2.33. The van der Waals surface area contributed by atoms with Crippen molar-refractivity contribution in [3.05, 3.63) is 101 Å². The lowest BCUT2D eigenvalue weighted by Gasteiger charge is -2.29. The van der Waals surface area contributed by atoms with Gasteiger partial charge in [-0.25, -0.2) is 27.2 Å². The smallest absolute Gasteiger partial charge is 0.163 e. The molecule has 220 valence electrons. The van der Waals surface area contributed by atoms with Crippen molar-refractivity contribution in [3.8, 4) is 5.75 Å². The molecule has 1 aliphatic rings. The molecule has 2 heterocycles. The van der Waals surface area contributed by atoms with E-state index in [-0.39, 0.29) is 42.7 Å². The predicted octanol–water partition coefficient (Wildman–Crippen LogP) is 6.46. The van der Waals surface area contributed by atoms with Crippen molar-refractivity contribution < 1.29 is 31.4 Å². The summed E-state index contributed by atoms with van der Waals surface area (Å²) in [6, 6.07) is 14.1. The van der Waals surface area contributed by atoms with Crippen LogP contribution in [0.25, 0.3) is 10.9 Å². The molecule has 0 fully saturated rings. The zero-order valence-electron chi connectivity index (χ0n) is 22.6. The third-order valence-corrected chi connectivity index (χ3v) is 8.81. The van der Waals surface area contributed by atoms with Gasteiger partial charge in [0, 0.05) is 34.9 Å². The van der Waals surface area contributed by atoms with Gasteiger partial charge in [-0.05, 0) is 48.0 Å². The summed E-state index contributed by atoms with van der Waals surface area (Å²) in [7, 11) is -3.21. The van der Waals surface area contributed by atoms with Crippen molar-refractivity contribution in [2.75, 3.05) is 30.0 Å². The number of hydrogen-bond donors (Lipinski definition) is 1. The molecule has 0 spiro atoms. The molecule has 0 radical (unpaired) electrons. The van der Waals surface area contributed by atoms with Crippen LogP contribution in [0.15, 0.2) is 73.3 Å². The Bertz CT molecular complexity index is 1730. The first-order valence-corrected chi connectivity index (χ1v) is 15.4. The fourth-order valence-corrected chi connectivity index (χ4v) is 5.42. The number of ether oxygens (including phenoxy) is 3. The topological polar surface area (TPSA) is 99.6 Å². The normalized spacial score (nSPS) is 16.5. The molecule has 12 heteroatoms. The summed E-state index contributed by atoms with van der Waals surface area (Å²) in [4.78, 5) is 8.58. The standard InChI is InChI=1S/C30H28ClF2N3O5S/c1-2-42(37,38)12-11-39-18-30(9-4-10-41-30)24-15-23-27(16-26(24)33)34-19-35-29(23)36-22-7-8-28(25(31)14-22)40-17-20-5-3-6-21(32)13-20/h3-8,10,13-16,19H,2,9,11-12,17-18H2,1H3,(H,34,35,36). The lowest BCUT2D eigenvalue weighted by molar-refractivity contribution is -0.0439. The van der Waals surface area contributed by atoms with E-state index < -0.39 is 21.3 Å². The second kappa shape index (κ2) is 12.6. The molecule has 1 aliphatic heterocycles. The average molecular weight is 616 g/mol. The number of rotatable bonds is 12. The first-order valence-electron chi connectivity index (χ1n) is 13.2. The molecule has 0 saturated carbocycles. The van der Waals surface area contributed by atoms with Crippen LogP contribution in [0.4, 0.5) is 20.3 Å². The van der Waals surface area contributed by atoms with Crippen LogP contribution in [0.5, 0.6) is 5.75 Å². The van der Waals surface area contributed by atoms with Crippen molar-refractivity contribution in [1.29, 1.82) is 0 Å². The Morgan fingerprint density at radius 2 is 1.98 bits per heavy atom. The average Bonchev–Trinajstić information content (AvgIpc) is 3.44. The fraction of sp³-hybridized carbons (Fsp3) is 0.267. The molecule has 1 N–H and O–H groups in total. The highest BCUT2D eigenvalue weighted by Gasteiger charge is 2.39. The van der Waals surface area contributed by atoms with Crippen LogP contribution in [0, 0.1) is 11.6 Å². The van der Waals surface area contributed by atoms with Gasteiger partial charge in [0.05, 0.1) is 35.8 Å². The van der Waals surface area contributed by atoms with Crippen LogP contribution in [-0.4, -0.2) is 43.1 Å². The highest BCUT2D eigenvalue weighted by Crippen LogP contribution is 2.39. The molecule has 0 amide bonds. The van der Waals surface area contributed by atoms with Crippen molar-refractivity contribution in [3.63, 3.8) is 0 Å². The molecule has 0 saturated heterocycles. The first-order chi connectivity index (χ1) is 20.2. The van der Waals surface area contributed by atoms with Gasteiger partial charge >= 0.3 is 0 Å². The minimum Gasteiger partial charge on any atom is -0.488 e. The van der Waals surface area contributed by atoms with Gasteiger partial charge in [-0.1, -0.05) is 30.7 Å². The molecule has 1 atom stereocenters. The summed E-state index contributed by atoms with van der Waals surface area (Å²) in [5.74, 6) is -0.177. The lowest BCUT2D eigenvalue weighted by atomic mass is 9.90. The number of hydrogen-bond acceptors (Lipinski definition) is 8. The second-order valence-corrected chi connectivity index (χ2v) is 12.6. The third kappa shape index (κ3) is 6.80. The summed E-state index contributed by atoms with van der Waals surface area (Å²) in [5, 5.41) is 4.06.